The van der Waals surface area contributed by atoms with Crippen LogP contribution in [0.3, 0.4) is 0 Å². The van der Waals surface area contributed by atoms with E-state index in [0.29, 0.717) is 0 Å². The van der Waals surface area contributed by atoms with E-state index < -0.39 is 0 Å². The maximum atomic E-state index is 11.3. The van der Waals surface area contributed by atoms with Crippen molar-refractivity contribution in [2.75, 3.05) is 6.54 Å². The molecule has 0 aromatic carbocycles. The highest BCUT2D eigenvalue weighted by atomic mass is 16.2. The molecule has 0 saturated carbocycles. The van der Waals surface area contributed by atoms with Crippen LogP contribution in [0, 0.1) is 0 Å². The van der Waals surface area contributed by atoms with E-state index in [2.05, 4.69) is 10.6 Å². The van der Waals surface area contributed by atoms with Crippen molar-refractivity contribution in [3.05, 3.63) is 0 Å². The van der Waals surface area contributed by atoms with E-state index in [1.807, 2.05) is 13.8 Å². The van der Waals surface area contributed by atoms with E-state index in [0.717, 1.165) is 19.4 Å². The summed E-state index contributed by atoms with van der Waals surface area (Å²) >= 11 is 0. The Labute approximate surface area is 70.5 Å². The van der Waals surface area contributed by atoms with E-state index in [9.17, 15) is 4.79 Å². The molecule has 1 heterocycles. The van der Waals surface area contributed by atoms with E-state index in [1.54, 1.807) is 0 Å². The van der Waals surface area contributed by atoms with Crippen LogP contribution in [-0.4, -0.2) is 24.5 Å². The van der Waals surface area contributed by atoms with Crippen molar-refractivity contribution < 1.29 is 7.65 Å². The Morgan fingerprint density at radius 1 is 1.73 bits per heavy atom. The molecule has 0 spiro atoms. The zero-order chi connectivity index (χ0) is 8.27. The molecule has 3 nitrogen and oxygen atoms in total. The minimum absolute atomic E-state index is 0. The highest BCUT2D eigenvalue weighted by Crippen LogP contribution is 2.04. The van der Waals surface area contributed by atoms with Crippen molar-refractivity contribution in [2.24, 2.45) is 0 Å². The van der Waals surface area contributed by atoms with Crippen molar-refractivity contribution in [1.82, 2.24) is 10.6 Å². The Bertz CT molecular complexity index is 147. The molecule has 1 unspecified atom stereocenters. The van der Waals surface area contributed by atoms with Crippen LogP contribution in [0.15, 0.2) is 0 Å². The van der Waals surface area contributed by atoms with Gasteiger partial charge >= 0.3 is 0 Å². The van der Waals surface area contributed by atoms with Crippen molar-refractivity contribution in [1.29, 1.82) is 0 Å². The molecule has 0 aromatic heterocycles. The van der Waals surface area contributed by atoms with Crippen molar-refractivity contribution in [2.45, 2.75) is 38.8 Å². The Kier molecular flexibility index (Phi) is 2.88. The predicted molar refractivity (Wildman–Crippen MR) is 48.5 cm³/mol. The fraction of sp³-hybridized carbons (Fsp3) is 0.875. The lowest BCUT2D eigenvalue weighted by molar-refractivity contribution is -0.123. The number of carbonyl (C=O) groups is 1. The molecular weight excluding hydrogens is 140 g/mol. The van der Waals surface area contributed by atoms with Crippen LogP contribution in [0.4, 0.5) is 0 Å². The van der Waals surface area contributed by atoms with Crippen molar-refractivity contribution >= 4 is 5.91 Å². The third-order valence-electron chi connectivity index (χ3n) is 1.81. The first kappa shape index (κ1) is 8.53. The molecule has 1 rings (SSSR count). The number of hydrogen-bond acceptors (Lipinski definition) is 2. The molecule has 1 fully saturated rings. The Balaban J connectivity index is 0. The second kappa shape index (κ2) is 3.72. The van der Waals surface area contributed by atoms with Gasteiger partial charge in [-0.1, -0.05) is 0 Å². The molecule has 2 N–H and O–H groups in total. The standard InChI is InChI=1S/C8H16N2O.2H2/c1-6(2)10-8(11)7-4-3-5-9-7;;/h6-7,9H,3-5H2,1-2H3,(H,10,11);2*1H. The Morgan fingerprint density at radius 2 is 2.45 bits per heavy atom. The van der Waals surface area contributed by atoms with E-state index >= 15 is 0 Å². The number of rotatable bonds is 2. The first-order chi connectivity index (χ1) is 5.20. The Hall–Kier alpha value is -0.570. The number of amides is 1. The molecule has 1 aliphatic rings. The molecule has 0 aromatic rings. The predicted octanol–water partition coefficient (Wildman–Crippen LogP) is 0.755. The second-order valence-corrected chi connectivity index (χ2v) is 3.31. The monoisotopic (exact) mass is 160 g/mol. The summed E-state index contributed by atoms with van der Waals surface area (Å²) in [6.07, 6.45) is 2.11. The second-order valence-electron chi connectivity index (χ2n) is 3.31. The van der Waals surface area contributed by atoms with Gasteiger partial charge in [0.1, 0.15) is 0 Å². The fourth-order valence-corrected chi connectivity index (χ4v) is 1.29. The molecule has 1 amide bonds. The average molecular weight is 160 g/mol. The van der Waals surface area contributed by atoms with Gasteiger partial charge in [0.2, 0.25) is 5.91 Å². The molecule has 68 valence electrons. The van der Waals surface area contributed by atoms with Gasteiger partial charge in [-0.2, -0.15) is 0 Å². The van der Waals surface area contributed by atoms with Gasteiger partial charge in [0.25, 0.3) is 0 Å². The first-order valence-corrected chi connectivity index (χ1v) is 4.24. The van der Waals surface area contributed by atoms with Crippen LogP contribution < -0.4 is 10.6 Å². The van der Waals surface area contributed by atoms with Gasteiger partial charge in [-0.05, 0) is 33.2 Å². The van der Waals surface area contributed by atoms with Gasteiger partial charge in [0.15, 0.2) is 0 Å². The minimum atomic E-state index is 0. The molecule has 1 aliphatic heterocycles. The summed E-state index contributed by atoms with van der Waals surface area (Å²) in [6, 6.07) is 0.322. The molecular formula is C8H20N2O. The third-order valence-corrected chi connectivity index (χ3v) is 1.81. The average Bonchev–Trinajstić information content (AvgIpc) is 2.35. The maximum absolute atomic E-state index is 11.3. The Morgan fingerprint density at radius 3 is 2.91 bits per heavy atom. The van der Waals surface area contributed by atoms with Crippen LogP contribution >= 0.6 is 0 Å². The topological polar surface area (TPSA) is 41.1 Å². The first-order valence-electron chi connectivity index (χ1n) is 4.24. The molecule has 0 radical (unpaired) electrons. The zero-order valence-corrected chi connectivity index (χ0v) is 7.18. The molecule has 0 bridgehead atoms. The fourth-order valence-electron chi connectivity index (χ4n) is 1.29. The van der Waals surface area contributed by atoms with Gasteiger partial charge in [-0.15, -0.1) is 0 Å². The lowest BCUT2D eigenvalue weighted by atomic mass is 10.2. The van der Waals surface area contributed by atoms with E-state index in [-0.39, 0.29) is 20.8 Å². The van der Waals surface area contributed by atoms with Crippen LogP contribution in [0.25, 0.3) is 0 Å². The van der Waals surface area contributed by atoms with Gasteiger partial charge in [-0.3, -0.25) is 4.79 Å². The summed E-state index contributed by atoms with van der Waals surface area (Å²) in [5.74, 6) is 0.150. The molecule has 0 aliphatic carbocycles. The normalized spacial score (nSPS) is 24.1. The highest BCUT2D eigenvalue weighted by Gasteiger charge is 2.21. The summed E-state index contributed by atoms with van der Waals surface area (Å²) in [4.78, 5) is 11.3. The van der Waals surface area contributed by atoms with Crippen LogP contribution in [0.5, 0.6) is 0 Å². The summed E-state index contributed by atoms with van der Waals surface area (Å²) in [5, 5.41) is 6.03. The highest BCUT2D eigenvalue weighted by molar-refractivity contribution is 5.82. The van der Waals surface area contributed by atoms with Gasteiger partial charge in [0, 0.05) is 8.90 Å². The van der Waals surface area contributed by atoms with Crippen LogP contribution in [-0.2, 0) is 4.79 Å². The van der Waals surface area contributed by atoms with Crippen LogP contribution in [0.1, 0.15) is 29.5 Å². The summed E-state index contributed by atoms with van der Waals surface area (Å²) in [7, 11) is 0. The smallest absolute Gasteiger partial charge is 0.237 e. The maximum Gasteiger partial charge on any atom is 0.237 e. The molecule has 3 heteroatoms. The number of carbonyl (C=O) groups excluding carboxylic acids is 1. The third kappa shape index (κ3) is 2.50. The number of nitrogens with one attached hydrogen (secondary N) is 2. The lowest BCUT2D eigenvalue weighted by Gasteiger charge is -2.13. The van der Waals surface area contributed by atoms with Gasteiger partial charge in [-0.25, -0.2) is 0 Å². The number of hydrogen-bond donors (Lipinski definition) is 2. The summed E-state index contributed by atoms with van der Waals surface area (Å²) < 4.78 is 0. The minimum Gasteiger partial charge on any atom is -0.353 e. The van der Waals surface area contributed by atoms with E-state index in [1.165, 1.54) is 0 Å². The van der Waals surface area contributed by atoms with Gasteiger partial charge < -0.3 is 10.6 Å². The molecule has 1 saturated heterocycles. The lowest BCUT2D eigenvalue weighted by Crippen LogP contribution is -2.43. The molecule has 1 atom stereocenters. The molecule has 11 heavy (non-hydrogen) atoms. The van der Waals surface area contributed by atoms with Crippen molar-refractivity contribution in [3.63, 3.8) is 0 Å². The van der Waals surface area contributed by atoms with Gasteiger partial charge in [0.05, 0.1) is 6.04 Å². The van der Waals surface area contributed by atoms with Crippen LogP contribution in [0.2, 0.25) is 0 Å². The SMILES string of the molecule is CC(C)NC(=O)C1CCCN1.[HH].[HH]. The quantitative estimate of drug-likeness (QED) is 0.626. The van der Waals surface area contributed by atoms with E-state index in [4.69, 9.17) is 0 Å². The summed E-state index contributed by atoms with van der Waals surface area (Å²) in [5.41, 5.74) is 0. The summed E-state index contributed by atoms with van der Waals surface area (Å²) in [6.45, 7) is 4.94. The largest absolute Gasteiger partial charge is 0.353 e. The zero-order valence-electron chi connectivity index (χ0n) is 7.18. The van der Waals surface area contributed by atoms with Crippen molar-refractivity contribution in [3.8, 4) is 0 Å².